The third-order valence-corrected chi connectivity index (χ3v) is 4.09. The number of carbonyl (C=O) groups excluding carboxylic acids is 2. The molecule has 2 saturated carbocycles. The zero-order valence-corrected chi connectivity index (χ0v) is 12.0. The van der Waals surface area contributed by atoms with Crippen molar-refractivity contribution in [2.24, 2.45) is 17.6 Å². The maximum absolute atomic E-state index is 12.0. The van der Waals surface area contributed by atoms with Crippen molar-refractivity contribution in [2.75, 3.05) is 11.9 Å². The number of hydrogen-bond acceptors (Lipinski definition) is 3. The molecule has 2 aliphatic rings. The minimum atomic E-state index is -0.119. The van der Waals surface area contributed by atoms with E-state index in [1.54, 1.807) is 24.3 Å². The Morgan fingerprint density at radius 1 is 1.14 bits per heavy atom. The van der Waals surface area contributed by atoms with Crippen molar-refractivity contribution in [3.63, 3.8) is 0 Å². The minimum absolute atomic E-state index is 0.0612. The Morgan fingerprint density at radius 2 is 1.81 bits per heavy atom. The first-order valence-electron chi connectivity index (χ1n) is 7.58. The number of amides is 2. The van der Waals surface area contributed by atoms with Crippen LogP contribution in [-0.2, 0) is 4.79 Å². The fourth-order valence-corrected chi connectivity index (χ4v) is 2.30. The molecule has 1 aromatic rings. The van der Waals surface area contributed by atoms with Gasteiger partial charge in [-0.15, -0.1) is 0 Å². The summed E-state index contributed by atoms with van der Waals surface area (Å²) >= 11 is 0. The number of nitrogens with one attached hydrogen (secondary N) is 2. The van der Waals surface area contributed by atoms with Gasteiger partial charge in [-0.2, -0.15) is 0 Å². The third kappa shape index (κ3) is 3.82. The van der Waals surface area contributed by atoms with Gasteiger partial charge in [0, 0.05) is 29.8 Å². The fraction of sp³-hybridized carbons (Fsp3) is 0.500. The molecule has 0 heterocycles. The van der Waals surface area contributed by atoms with Crippen LogP contribution < -0.4 is 16.4 Å². The van der Waals surface area contributed by atoms with Gasteiger partial charge in [-0.25, -0.2) is 0 Å². The van der Waals surface area contributed by atoms with Crippen molar-refractivity contribution in [3.05, 3.63) is 29.8 Å². The number of rotatable bonds is 6. The summed E-state index contributed by atoms with van der Waals surface area (Å²) in [6.45, 7) is 0.518. The van der Waals surface area contributed by atoms with Crippen molar-refractivity contribution < 1.29 is 9.59 Å². The first-order valence-corrected chi connectivity index (χ1v) is 7.58. The Labute approximate surface area is 124 Å². The largest absolute Gasteiger partial charge is 0.350 e. The van der Waals surface area contributed by atoms with Gasteiger partial charge in [0.1, 0.15) is 0 Å². The second kappa shape index (κ2) is 5.85. The van der Waals surface area contributed by atoms with E-state index in [0.29, 0.717) is 18.0 Å². The molecular weight excluding hydrogens is 266 g/mol. The molecule has 0 aliphatic heterocycles. The monoisotopic (exact) mass is 287 g/mol. The smallest absolute Gasteiger partial charge is 0.251 e. The first kappa shape index (κ1) is 14.1. The standard InChI is InChI=1S/C16H21N3O2/c17-14(10-1-2-10)9-18-15(20)11-5-7-13(8-6-11)19-16(21)12-3-4-12/h5-8,10,12,14H,1-4,9,17H2,(H,18,20)(H,19,21). The first-order chi connectivity index (χ1) is 10.1. The highest BCUT2D eigenvalue weighted by Crippen LogP contribution is 2.31. The van der Waals surface area contributed by atoms with Gasteiger partial charge >= 0.3 is 0 Å². The Kier molecular flexibility index (Phi) is 3.92. The maximum Gasteiger partial charge on any atom is 0.251 e. The van der Waals surface area contributed by atoms with Gasteiger partial charge < -0.3 is 16.4 Å². The van der Waals surface area contributed by atoms with Crippen molar-refractivity contribution in [2.45, 2.75) is 31.7 Å². The highest BCUT2D eigenvalue weighted by Gasteiger charge is 2.30. The molecule has 1 atom stereocenters. The van der Waals surface area contributed by atoms with Crippen LogP contribution in [0.3, 0.4) is 0 Å². The molecule has 2 fully saturated rings. The molecule has 21 heavy (non-hydrogen) atoms. The highest BCUT2D eigenvalue weighted by atomic mass is 16.2. The molecule has 4 N–H and O–H groups in total. The van der Waals surface area contributed by atoms with Crippen molar-refractivity contribution in [1.82, 2.24) is 5.32 Å². The molecule has 2 aliphatic carbocycles. The molecule has 2 amide bonds. The van der Waals surface area contributed by atoms with Crippen LogP contribution in [0.15, 0.2) is 24.3 Å². The van der Waals surface area contributed by atoms with E-state index in [9.17, 15) is 9.59 Å². The van der Waals surface area contributed by atoms with Crippen LogP contribution in [-0.4, -0.2) is 24.4 Å². The summed E-state index contributed by atoms with van der Waals surface area (Å²) in [6, 6.07) is 7.03. The highest BCUT2D eigenvalue weighted by molar-refractivity contribution is 5.96. The molecule has 0 saturated heterocycles. The van der Waals surface area contributed by atoms with Crippen molar-refractivity contribution in [3.8, 4) is 0 Å². The predicted molar refractivity (Wildman–Crippen MR) is 80.8 cm³/mol. The van der Waals surface area contributed by atoms with E-state index in [-0.39, 0.29) is 23.8 Å². The van der Waals surface area contributed by atoms with Gasteiger partial charge in [0.2, 0.25) is 5.91 Å². The molecule has 0 bridgehead atoms. The lowest BCUT2D eigenvalue weighted by Gasteiger charge is -2.12. The average molecular weight is 287 g/mol. The molecule has 0 spiro atoms. The molecule has 0 radical (unpaired) electrons. The van der Waals surface area contributed by atoms with Crippen LogP contribution in [0.2, 0.25) is 0 Å². The second-order valence-electron chi connectivity index (χ2n) is 6.05. The van der Waals surface area contributed by atoms with E-state index in [1.165, 1.54) is 12.8 Å². The van der Waals surface area contributed by atoms with Crippen molar-refractivity contribution >= 4 is 17.5 Å². The van der Waals surface area contributed by atoms with E-state index in [4.69, 9.17) is 5.73 Å². The van der Waals surface area contributed by atoms with E-state index >= 15 is 0 Å². The molecule has 5 nitrogen and oxygen atoms in total. The van der Waals surface area contributed by atoms with Crippen LogP contribution in [0.25, 0.3) is 0 Å². The Hall–Kier alpha value is -1.88. The maximum atomic E-state index is 12.0. The van der Waals surface area contributed by atoms with Crippen LogP contribution in [0.4, 0.5) is 5.69 Å². The molecule has 5 heteroatoms. The van der Waals surface area contributed by atoms with Gasteiger partial charge in [0.15, 0.2) is 0 Å². The summed E-state index contributed by atoms with van der Waals surface area (Å²) < 4.78 is 0. The van der Waals surface area contributed by atoms with Gasteiger partial charge in [-0.1, -0.05) is 0 Å². The molecule has 0 aromatic heterocycles. The number of hydrogen-bond donors (Lipinski definition) is 3. The van der Waals surface area contributed by atoms with E-state index in [1.807, 2.05) is 0 Å². The van der Waals surface area contributed by atoms with Crippen LogP contribution >= 0.6 is 0 Å². The lowest BCUT2D eigenvalue weighted by atomic mass is 10.1. The number of anilines is 1. The average Bonchev–Trinajstić information content (AvgIpc) is 3.37. The van der Waals surface area contributed by atoms with Crippen LogP contribution in [0.5, 0.6) is 0 Å². The Balaban J connectivity index is 1.50. The van der Waals surface area contributed by atoms with E-state index in [2.05, 4.69) is 10.6 Å². The lowest BCUT2D eigenvalue weighted by molar-refractivity contribution is -0.117. The summed E-state index contributed by atoms with van der Waals surface area (Å²) in [6.07, 6.45) is 4.31. The summed E-state index contributed by atoms with van der Waals surface area (Å²) in [4.78, 5) is 23.6. The van der Waals surface area contributed by atoms with E-state index in [0.717, 1.165) is 18.5 Å². The quantitative estimate of drug-likeness (QED) is 0.741. The van der Waals surface area contributed by atoms with Crippen LogP contribution in [0, 0.1) is 11.8 Å². The SMILES string of the molecule is NC(CNC(=O)c1ccc(NC(=O)C2CC2)cc1)C1CC1. The van der Waals surface area contributed by atoms with Crippen LogP contribution in [0.1, 0.15) is 36.0 Å². The number of carbonyl (C=O) groups is 2. The summed E-state index contributed by atoms with van der Waals surface area (Å²) in [5.74, 6) is 0.705. The van der Waals surface area contributed by atoms with E-state index < -0.39 is 0 Å². The Morgan fingerprint density at radius 3 is 2.38 bits per heavy atom. The topological polar surface area (TPSA) is 84.2 Å². The number of nitrogens with two attached hydrogens (primary N) is 1. The molecule has 3 rings (SSSR count). The van der Waals surface area contributed by atoms with Gasteiger partial charge in [-0.05, 0) is 55.9 Å². The Bertz CT molecular complexity index is 533. The van der Waals surface area contributed by atoms with Gasteiger partial charge in [-0.3, -0.25) is 9.59 Å². The minimum Gasteiger partial charge on any atom is -0.350 e. The van der Waals surface area contributed by atoms with Crippen molar-refractivity contribution in [1.29, 1.82) is 0 Å². The zero-order chi connectivity index (χ0) is 14.8. The predicted octanol–water partition coefficient (Wildman–Crippen LogP) is 1.50. The summed E-state index contributed by atoms with van der Waals surface area (Å²) in [5, 5.41) is 5.71. The second-order valence-corrected chi connectivity index (χ2v) is 6.05. The third-order valence-electron chi connectivity index (χ3n) is 4.09. The normalized spacial score (nSPS) is 18.9. The fourth-order valence-electron chi connectivity index (χ4n) is 2.30. The number of benzene rings is 1. The molecule has 1 unspecified atom stereocenters. The molecular formula is C16H21N3O2. The van der Waals surface area contributed by atoms with Gasteiger partial charge in [0.25, 0.3) is 5.91 Å². The van der Waals surface area contributed by atoms with Gasteiger partial charge in [0.05, 0.1) is 0 Å². The summed E-state index contributed by atoms with van der Waals surface area (Å²) in [7, 11) is 0. The summed E-state index contributed by atoms with van der Waals surface area (Å²) in [5.41, 5.74) is 7.28. The molecule has 1 aromatic carbocycles. The lowest BCUT2D eigenvalue weighted by Crippen LogP contribution is -2.38. The zero-order valence-electron chi connectivity index (χ0n) is 12.0. The molecule has 112 valence electrons.